The van der Waals surface area contributed by atoms with E-state index in [1.54, 1.807) is 14.2 Å². The second-order valence-corrected chi connectivity index (χ2v) is 6.41. The smallest absolute Gasteiger partial charge is 0.237 e. The van der Waals surface area contributed by atoms with Crippen LogP contribution in [-0.2, 0) is 9.59 Å². The topological polar surface area (TPSA) is 71.1 Å². The van der Waals surface area contributed by atoms with Crippen molar-refractivity contribution in [3.63, 3.8) is 0 Å². The van der Waals surface area contributed by atoms with Crippen molar-refractivity contribution in [1.82, 2.24) is 15.1 Å². The number of nitrogens with zero attached hydrogens (tertiary/aromatic N) is 2. The Morgan fingerprint density at radius 1 is 1.28 bits per heavy atom. The molecule has 25 heavy (non-hydrogen) atoms. The average Bonchev–Trinajstić information content (AvgIpc) is 3.11. The molecular formula is C18H25N3O4. The maximum absolute atomic E-state index is 12.8. The molecule has 1 N–H and O–H groups in total. The molecule has 1 unspecified atom stereocenters. The third-order valence-electron chi connectivity index (χ3n) is 4.85. The summed E-state index contributed by atoms with van der Waals surface area (Å²) < 4.78 is 10.8. The van der Waals surface area contributed by atoms with Gasteiger partial charge in [0.1, 0.15) is 11.5 Å². The molecule has 1 aromatic carbocycles. The number of hydrogen-bond acceptors (Lipinski definition) is 5. The lowest BCUT2D eigenvalue weighted by Gasteiger charge is -2.31. The van der Waals surface area contributed by atoms with Crippen molar-refractivity contribution in [3.8, 4) is 11.5 Å². The summed E-state index contributed by atoms with van der Waals surface area (Å²) in [5.41, 5.74) is 0.976. The highest BCUT2D eigenvalue weighted by Crippen LogP contribution is 2.38. The number of amides is 2. The number of hydrogen-bond donors (Lipinski definition) is 1. The molecule has 0 bridgehead atoms. The molecule has 7 heteroatoms. The van der Waals surface area contributed by atoms with E-state index in [0.29, 0.717) is 13.1 Å². The van der Waals surface area contributed by atoms with Crippen LogP contribution in [0, 0.1) is 0 Å². The molecule has 0 radical (unpaired) electrons. The van der Waals surface area contributed by atoms with Crippen molar-refractivity contribution < 1.29 is 19.1 Å². The molecule has 2 heterocycles. The normalized spacial score (nSPS) is 21.1. The van der Waals surface area contributed by atoms with Crippen molar-refractivity contribution in [1.29, 1.82) is 0 Å². The van der Waals surface area contributed by atoms with Crippen LogP contribution in [0.4, 0.5) is 0 Å². The Morgan fingerprint density at radius 2 is 2.12 bits per heavy atom. The van der Waals surface area contributed by atoms with E-state index in [2.05, 4.69) is 5.32 Å². The minimum absolute atomic E-state index is 0.0174. The summed E-state index contributed by atoms with van der Waals surface area (Å²) in [6.45, 7) is 2.59. The lowest BCUT2D eigenvalue weighted by atomic mass is 10.0. The minimum atomic E-state index is -0.0218. The van der Waals surface area contributed by atoms with Crippen LogP contribution >= 0.6 is 0 Å². The van der Waals surface area contributed by atoms with E-state index in [1.165, 1.54) is 0 Å². The molecule has 1 aromatic rings. The van der Waals surface area contributed by atoms with Gasteiger partial charge in [0.05, 0.1) is 33.4 Å². The molecule has 2 saturated heterocycles. The van der Waals surface area contributed by atoms with Crippen LogP contribution in [0.1, 0.15) is 24.4 Å². The van der Waals surface area contributed by atoms with Crippen LogP contribution in [0.15, 0.2) is 18.2 Å². The molecule has 7 nitrogen and oxygen atoms in total. The number of carbonyl (C=O) groups excluding carboxylic acids is 2. The van der Waals surface area contributed by atoms with Crippen molar-refractivity contribution in [2.45, 2.75) is 18.9 Å². The first-order valence-corrected chi connectivity index (χ1v) is 8.63. The molecule has 0 spiro atoms. The van der Waals surface area contributed by atoms with Crippen LogP contribution in [0.3, 0.4) is 0 Å². The predicted molar refractivity (Wildman–Crippen MR) is 92.7 cm³/mol. The van der Waals surface area contributed by atoms with E-state index < -0.39 is 0 Å². The van der Waals surface area contributed by atoms with Gasteiger partial charge < -0.3 is 19.7 Å². The summed E-state index contributed by atoms with van der Waals surface area (Å²) in [7, 11) is 3.27. The first kappa shape index (κ1) is 17.5. The molecule has 2 aliphatic heterocycles. The molecule has 2 aliphatic rings. The van der Waals surface area contributed by atoms with Gasteiger partial charge in [0, 0.05) is 25.2 Å². The maximum Gasteiger partial charge on any atom is 0.237 e. The number of likely N-dealkylation sites (tertiary alicyclic amines) is 1. The SMILES string of the molecule is COc1ccc(OC)c(C2CCCN2C(=O)CN2CCNC(=O)C2)c1. The number of benzene rings is 1. The molecule has 0 aromatic heterocycles. The molecule has 0 aliphatic carbocycles. The third-order valence-corrected chi connectivity index (χ3v) is 4.85. The summed E-state index contributed by atoms with van der Waals surface area (Å²) in [5.74, 6) is 1.55. The van der Waals surface area contributed by atoms with Crippen molar-refractivity contribution in [2.75, 3.05) is 46.9 Å². The zero-order valence-electron chi connectivity index (χ0n) is 14.8. The van der Waals surface area contributed by atoms with Gasteiger partial charge in [-0.2, -0.15) is 0 Å². The fourth-order valence-corrected chi connectivity index (χ4v) is 3.60. The fourth-order valence-electron chi connectivity index (χ4n) is 3.60. The Bertz CT molecular complexity index is 649. The molecule has 1 atom stereocenters. The average molecular weight is 347 g/mol. The van der Waals surface area contributed by atoms with Gasteiger partial charge >= 0.3 is 0 Å². The van der Waals surface area contributed by atoms with Gasteiger partial charge in [0.2, 0.25) is 11.8 Å². The van der Waals surface area contributed by atoms with Gasteiger partial charge in [-0.3, -0.25) is 14.5 Å². The monoisotopic (exact) mass is 347 g/mol. The van der Waals surface area contributed by atoms with Gasteiger partial charge in [-0.05, 0) is 31.0 Å². The van der Waals surface area contributed by atoms with Crippen molar-refractivity contribution >= 4 is 11.8 Å². The van der Waals surface area contributed by atoms with Gasteiger partial charge in [0.25, 0.3) is 0 Å². The van der Waals surface area contributed by atoms with E-state index in [9.17, 15) is 9.59 Å². The van der Waals surface area contributed by atoms with Crippen LogP contribution in [-0.4, -0.2) is 68.6 Å². The predicted octanol–water partition coefficient (Wildman–Crippen LogP) is 0.799. The quantitative estimate of drug-likeness (QED) is 0.853. The molecule has 2 fully saturated rings. The summed E-state index contributed by atoms with van der Waals surface area (Å²) in [5, 5.41) is 2.78. The number of methoxy groups -OCH3 is 2. The Hall–Kier alpha value is -2.28. The van der Waals surface area contributed by atoms with E-state index in [4.69, 9.17) is 9.47 Å². The highest BCUT2D eigenvalue weighted by atomic mass is 16.5. The van der Waals surface area contributed by atoms with E-state index in [-0.39, 0.29) is 30.9 Å². The number of nitrogens with one attached hydrogen (secondary N) is 1. The fraction of sp³-hybridized carbons (Fsp3) is 0.556. The number of carbonyl (C=O) groups is 2. The summed E-state index contributed by atoms with van der Waals surface area (Å²) in [6, 6.07) is 5.67. The Morgan fingerprint density at radius 3 is 2.84 bits per heavy atom. The van der Waals surface area contributed by atoms with Crippen LogP contribution < -0.4 is 14.8 Å². The lowest BCUT2D eigenvalue weighted by Crippen LogP contribution is -2.51. The number of piperazine rings is 1. The highest BCUT2D eigenvalue weighted by molar-refractivity contribution is 5.82. The van der Waals surface area contributed by atoms with Crippen LogP contribution in [0.5, 0.6) is 11.5 Å². The van der Waals surface area contributed by atoms with Crippen molar-refractivity contribution in [3.05, 3.63) is 23.8 Å². The zero-order chi connectivity index (χ0) is 17.8. The molecule has 136 valence electrons. The molecule has 2 amide bonds. The molecular weight excluding hydrogens is 322 g/mol. The maximum atomic E-state index is 12.8. The third kappa shape index (κ3) is 3.87. The van der Waals surface area contributed by atoms with E-state index >= 15 is 0 Å². The first-order valence-electron chi connectivity index (χ1n) is 8.63. The largest absolute Gasteiger partial charge is 0.497 e. The number of rotatable bonds is 5. The summed E-state index contributed by atoms with van der Waals surface area (Å²) >= 11 is 0. The van der Waals surface area contributed by atoms with E-state index in [0.717, 1.165) is 36.4 Å². The summed E-state index contributed by atoms with van der Waals surface area (Å²) in [6.07, 6.45) is 1.85. The van der Waals surface area contributed by atoms with Crippen molar-refractivity contribution in [2.24, 2.45) is 0 Å². The van der Waals surface area contributed by atoms with Gasteiger partial charge in [-0.15, -0.1) is 0 Å². The first-order chi connectivity index (χ1) is 12.1. The number of ether oxygens (including phenoxy) is 2. The summed E-state index contributed by atoms with van der Waals surface area (Å²) in [4.78, 5) is 28.2. The highest BCUT2D eigenvalue weighted by Gasteiger charge is 2.33. The zero-order valence-corrected chi connectivity index (χ0v) is 14.8. The standard InChI is InChI=1S/C18H25N3O4/c1-24-13-5-6-16(25-2)14(10-13)15-4-3-8-21(15)18(23)12-20-9-7-19-17(22)11-20/h5-6,10,15H,3-4,7-9,11-12H2,1-2H3,(H,19,22). The van der Waals surface area contributed by atoms with E-state index in [1.807, 2.05) is 28.0 Å². The molecule has 3 rings (SSSR count). The van der Waals surface area contributed by atoms with Gasteiger partial charge in [-0.1, -0.05) is 0 Å². The second-order valence-electron chi connectivity index (χ2n) is 6.41. The van der Waals surface area contributed by atoms with Gasteiger partial charge in [-0.25, -0.2) is 0 Å². The Kier molecular flexibility index (Phi) is 5.43. The van der Waals surface area contributed by atoms with Gasteiger partial charge in [0.15, 0.2) is 0 Å². The lowest BCUT2D eigenvalue weighted by molar-refractivity contribution is -0.134. The second kappa shape index (κ2) is 7.74. The van der Waals surface area contributed by atoms with Crippen LogP contribution in [0.2, 0.25) is 0 Å². The minimum Gasteiger partial charge on any atom is -0.497 e. The Balaban J connectivity index is 1.76. The Labute approximate surface area is 147 Å². The molecule has 0 saturated carbocycles. The van der Waals surface area contributed by atoms with Crippen LogP contribution in [0.25, 0.3) is 0 Å².